The number of aryl methyl sites for hydroxylation is 1. The van der Waals surface area contributed by atoms with Gasteiger partial charge in [-0.2, -0.15) is 0 Å². The van der Waals surface area contributed by atoms with Crippen molar-refractivity contribution in [3.05, 3.63) is 96.1 Å². The van der Waals surface area contributed by atoms with Gasteiger partial charge in [0.1, 0.15) is 11.5 Å². The average Bonchev–Trinajstić information content (AvgIpc) is 2.89. The van der Waals surface area contributed by atoms with E-state index in [1.54, 1.807) is 62.8 Å². The molecule has 0 unspecified atom stereocenters. The van der Waals surface area contributed by atoms with Gasteiger partial charge in [0.25, 0.3) is 0 Å². The molecule has 4 aromatic carbocycles. The number of benzene rings is 4. The third-order valence-corrected chi connectivity index (χ3v) is 8.43. The molecule has 5 nitrogen and oxygen atoms in total. The molecule has 0 bridgehead atoms. The van der Waals surface area contributed by atoms with E-state index in [4.69, 9.17) is 9.47 Å². The molecule has 4 aromatic rings. The first-order valence-corrected chi connectivity index (χ1v) is 13.2. The summed E-state index contributed by atoms with van der Waals surface area (Å²) in [4.78, 5) is 2.39. The minimum Gasteiger partial charge on any atom is -0.497 e. The Morgan fingerprint density at radius 2 is 1.34 bits per heavy atom. The maximum atomic E-state index is 12.9. The zero-order valence-electron chi connectivity index (χ0n) is 19.7. The largest absolute Gasteiger partial charge is 0.497 e. The van der Waals surface area contributed by atoms with E-state index in [0.29, 0.717) is 11.5 Å². The number of hydrogen-bond donors (Lipinski definition) is 1. The van der Waals surface area contributed by atoms with Gasteiger partial charge in [-0.3, -0.25) is 0 Å². The third kappa shape index (κ3) is 5.37. The first-order valence-electron chi connectivity index (χ1n) is 10.9. The second-order valence-corrected chi connectivity index (χ2v) is 11.0. The number of hydrogen-bond acceptors (Lipinski definition) is 6. The highest BCUT2D eigenvalue weighted by Gasteiger charge is 2.18. The molecule has 0 aliphatic rings. The molecule has 180 valence electrons. The van der Waals surface area contributed by atoms with Gasteiger partial charge in [-0.1, -0.05) is 35.5 Å². The van der Waals surface area contributed by atoms with Gasteiger partial charge in [0.15, 0.2) is 0 Å². The molecule has 0 radical (unpaired) electrons. The van der Waals surface area contributed by atoms with E-state index in [-0.39, 0.29) is 16.4 Å². The van der Waals surface area contributed by atoms with Crippen LogP contribution < -0.4 is 9.47 Å². The van der Waals surface area contributed by atoms with Crippen LogP contribution in [0.2, 0.25) is 0 Å². The first-order chi connectivity index (χ1) is 16.8. The highest BCUT2D eigenvalue weighted by Crippen LogP contribution is 2.39. The number of sulfone groups is 1. The Bertz CT molecular complexity index is 1430. The normalized spacial score (nSPS) is 11.3. The molecule has 0 fully saturated rings. The van der Waals surface area contributed by atoms with E-state index < -0.39 is 9.84 Å². The Morgan fingerprint density at radius 1 is 0.743 bits per heavy atom. The number of methoxy groups -OCH3 is 2. The molecule has 1 N–H and O–H groups in total. The Hall–Kier alpha value is -3.26. The molecule has 0 saturated carbocycles. The van der Waals surface area contributed by atoms with Crippen LogP contribution in [0.5, 0.6) is 11.5 Å². The molecule has 0 aromatic heterocycles. The molecule has 0 heterocycles. The van der Waals surface area contributed by atoms with Crippen molar-refractivity contribution in [1.29, 1.82) is 0 Å². The van der Waals surface area contributed by atoms with Gasteiger partial charge in [-0.05, 0) is 84.8 Å². The van der Waals surface area contributed by atoms with E-state index >= 15 is 0 Å². The summed E-state index contributed by atoms with van der Waals surface area (Å²) >= 11 is 1.51. The lowest BCUT2D eigenvalue weighted by atomic mass is 9.99. The van der Waals surface area contributed by atoms with Crippen LogP contribution in [0.1, 0.15) is 11.1 Å². The van der Waals surface area contributed by atoms with E-state index in [0.717, 1.165) is 32.0 Å². The first kappa shape index (κ1) is 24.9. The van der Waals surface area contributed by atoms with Crippen LogP contribution in [-0.2, 0) is 16.4 Å². The minimum atomic E-state index is -3.56. The van der Waals surface area contributed by atoms with Crippen LogP contribution in [0.3, 0.4) is 0 Å². The van der Waals surface area contributed by atoms with Crippen molar-refractivity contribution in [1.82, 2.24) is 0 Å². The highest BCUT2D eigenvalue weighted by atomic mass is 32.2. The quantitative estimate of drug-likeness (QED) is 0.309. The molecule has 0 amide bonds. The summed E-state index contributed by atoms with van der Waals surface area (Å²) in [6, 6.07) is 25.2. The average molecular weight is 507 g/mol. The van der Waals surface area contributed by atoms with Gasteiger partial charge in [-0.15, -0.1) is 0 Å². The lowest BCUT2D eigenvalue weighted by molar-refractivity contribution is 0.281. The predicted octanol–water partition coefficient (Wildman–Crippen LogP) is 6.16. The predicted molar refractivity (Wildman–Crippen MR) is 138 cm³/mol. The minimum absolute atomic E-state index is 0.121. The summed E-state index contributed by atoms with van der Waals surface area (Å²) in [6.07, 6.45) is 0. The van der Waals surface area contributed by atoms with E-state index in [2.05, 4.69) is 0 Å². The molecular weight excluding hydrogens is 480 g/mol. The lowest BCUT2D eigenvalue weighted by Gasteiger charge is -2.14. The maximum Gasteiger partial charge on any atom is 0.206 e. The van der Waals surface area contributed by atoms with E-state index in [1.165, 1.54) is 11.8 Å². The maximum absolute atomic E-state index is 12.9. The van der Waals surface area contributed by atoms with E-state index in [1.807, 2.05) is 43.3 Å². The van der Waals surface area contributed by atoms with Crippen LogP contribution in [-0.4, -0.2) is 27.7 Å². The Kier molecular flexibility index (Phi) is 7.50. The second-order valence-electron chi connectivity index (χ2n) is 7.93. The van der Waals surface area contributed by atoms with Gasteiger partial charge in [0.05, 0.1) is 30.6 Å². The number of aliphatic hydroxyl groups excluding tert-OH is 1. The van der Waals surface area contributed by atoms with Crippen LogP contribution in [0.15, 0.2) is 105 Å². The summed E-state index contributed by atoms with van der Waals surface area (Å²) in [5.41, 5.74) is 3.49. The zero-order chi connectivity index (χ0) is 25.0. The van der Waals surface area contributed by atoms with Crippen molar-refractivity contribution in [2.45, 2.75) is 33.1 Å². The van der Waals surface area contributed by atoms with Gasteiger partial charge in [0.2, 0.25) is 9.84 Å². The molecule has 0 aliphatic carbocycles. The van der Waals surface area contributed by atoms with Crippen molar-refractivity contribution < 1.29 is 23.0 Å². The molecule has 0 aliphatic heterocycles. The fourth-order valence-electron chi connectivity index (χ4n) is 3.72. The van der Waals surface area contributed by atoms with Crippen molar-refractivity contribution >= 4 is 21.6 Å². The zero-order valence-corrected chi connectivity index (χ0v) is 21.3. The van der Waals surface area contributed by atoms with Gasteiger partial charge in [-0.25, -0.2) is 8.42 Å². The van der Waals surface area contributed by atoms with Crippen molar-refractivity contribution in [3.63, 3.8) is 0 Å². The summed E-state index contributed by atoms with van der Waals surface area (Å²) in [6.45, 7) is 1.80. The monoisotopic (exact) mass is 506 g/mol. The summed E-state index contributed by atoms with van der Waals surface area (Å²) in [7, 11) is -0.361. The van der Waals surface area contributed by atoms with Crippen LogP contribution in [0.25, 0.3) is 11.1 Å². The summed E-state index contributed by atoms with van der Waals surface area (Å²) in [5, 5.41) is 9.83. The van der Waals surface area contributed by atoms with Crippen LogP contribution in [0.4, 0.5) is 0 Å². The summed E-state index contributed by atoms with van der Waals surface area (Å²) in [5.74, 6) is 1.35. The fourth-order valence-corrected chi connectivity index (χ4v) is 5.83. The van der Waals surface area contributed by atoms with Crippen LogP contribution in [0, 0.1) is 6.92 Å². The molecule has 35 heavy (non-hydrogen) atoms. The number of ether oxygens (including phenoxy) is 2. The smallest absolute Gasteiger partial charge is 0.206 e. The van der Waals surface area contributed by atoms with Gasteiger partial charge < -0.3 is 14.6 Å². The number of aliphatic hydroxyl groups is 1. The lowest BCUT2D eigenvalue weighted by Crippen LogP contribution is -2.01. The fraction of sp³-hybridized carbons (Fsp3) is 0.143. The van der Waals surface area contributed by atoms with Gasteiger partial charge in [0, 0.05) is 15.4 Å². The summed E-state index contributed by atoms with van der Waals surface area (Å²) < 4.78 is 36.7. The van der Waals surface area contributed by atoms with Crippen molar-refractivity contribution in [2.75, 3.05) is 14.2 Å². The molecule has 0 spiro atoms. The topological polar surface area (TPSA) is 72.8 Å². The Balaban J connectivity index is 1.58. The Labute approximate surface area is 210 Å². The van der Waals surface area contributed by atoms with E-state index in [9.17, 15) is 13.5 Å². The highest BCUT2D eigenvalue weighted by molar-refractivity contribution is 7.99. The van der Waals surface area contributed by atoms with Crippen molar-refractivity contribution in [3.8, 4) is 22.6 Å². The molecule has 4 rings (SSSR count). The Morgan fingerprint density at radius 3 is 1.94 bits per heavy atom. The molecule has 7 heteroatoms. The SMILES string of the molecule is COc1ccc(-c2ccc(Sc3ccc(S(=O)(=O)c4ccc(C)cc4)cc3)cc2OC)c(CO)c1. The standard InChI is InChI=1S/C28H26O5S2/c1-19-4-10-24(11-5-19)35(30,31)25-12-7-22(8-13-25)34-23-9-15-27(28(17-23)33-3)26-14-6-21(32-2)16-20(26)18-29/h4-17,29H,18H2,1-3H3. The van der Waals surface area contributed by atoms with Crippen LogP contribution >= 0.6 is 11.8 Å². The third-order valence-electron chi connectivity index (χ3n) is 5.65. The number of rotatable bonds is 8. The van der Waals surface area contributed by atoms with Crippen molar-refractivity contribution in [2.24, 2.45) is 0 Å². The van der Waals surface area contributed by atoms with Gasteiger partial charge >= 0.3 is 0 Å². The molecular formula is C28H26O5S2. The molecule has 0 saturated heterocycles. The molecule has 0 atom stereocenters. The second kappa shape index (κ2) is 10.6.